The Labute approximate surface area is 140 Å². The molecule has 0 fully saturated rings. The average molecular weight is 333 g/mol. The fourth-order valence-corrected chi connectivity index (χ4v) is 3.00. The number of nitrogens with zero attached hydrogens (tertiary/aromatic N) is 3. The Kier molecular flexibility index (Phi) is 4.71. The number of imidazole rings is 1. The molecule has 3 rings (SSSR count). The van der Waals surface area contributed by atoms with Crippen LogP contribution >= 0.6 is 11.6 Å². The fourth-order valence-electron chi connectivity index (χ4n) is 2.84. The summed E-state index contributed by atoms with van der Waals surface area (Å²) in [5.74, 6) is 0. The van der Waals surface area contributed by atoms with Crippen molar-refractivity contribution in [2.75, 3.05) is 6.61 Å². The molecule has 2 N–H and O–H groups in total. The van der Waals surface area contributed by atoms with E-state index in [1.54, 1.807) is 6.33 Å². The molecule has 0 aliphatic rings. The Bertz CT molecular complexity index is 808. The minimum atomic E-state index is 0.123. The van der Waals surface area contributed by atoms with Gasteiger partial charge in [-0.25, -0.2) is 4.98 Å². The summed E-state index contributed by atoms with van der Waals surface area (Å²) in [7, 11) is 2.03. The van der Waals surface area contributed by atoms with Crippen LogP contribution in [-0.2, 0) is 20.1 Å². The third kappa shape index (κ3) is 3.42. The summed E-state index contributed by atoms with van der Waals surface area (Å²) in [5.41, 5.74) is 3.34. The number of aromatic nitrogens is 3. The van der Waals surface area contributed by atoms with E-state index < -0.39 is 0 Å². The van der Waals surface area contributed by atoms with Crippen LogP contribution in [0.4, 0.5) is 0 Å². The van der Waals surface area contributed by atoms with Gasteiger partial charge in [-0.2, -0.15) is 0 Å². The Morgan fingerprint density at radius 1 is 1.35 bits per heavy atom. The van der Waals surface area contributed by atoms with Gasteiger partial charge in [0.2, 0.25) is 0 Å². The number of fused-ring (bicyclic) bond motifs is 1. The molecule has 2 aromatic heterocycles. The maximum absolute atomic E-state index is 8.94. The summed E-state index contributed by atoms with van der Waals surface area (Å²) in [6, 6.07) is 6.18. The number of benzene rings is 1. The van der Waals surface area contributed by atoms with Crippen molar-refractivity contribution in [1.82, 2.24) is 19.4 Å². The highest BCUT2D eigenvalue weighted by Gasteiger charge is 2.13. The van der Waals surface area contributed by atoms with Gasteiger partial charge in [0.15, 0.2) is 0 Å². The molecule has 0 saturated carbocycles. The largest absolute Gasteiger partial charge is 0.395 e. The van der Waals surface area contributed by atoms with Crippen molar-refractivity contribution < 1.29 is 5.11 Å². The summed E-state index contributed by atoms with van der Waals surface area (Å²) >= 11 is 6.09. The Hall–Kier alpha value is -1.82. The number of halogens is 1. The van der Waals surface area contributed by atoms with E-state index >= 15 is 0 Å². The number of hydrogen-bond donors (Lipinski definition) is 2. The molecule has 0 radical (unpaired) electrons. The first-order chi connectivity index (χ1) is 11.1. The summed E-state index contributed by atoms with van der Waals surface area (Å²) in [6.45, 7) is 3.53. The minimum Gasteiger partial charge on any atom is -0.395 e. The predicted octanol–water partition coefficient (Wildman–Crippen LogP) is 2.87. The zero-order valence-corrected chi connectivity index (χ0v) is 14.1. The van der Waals surface area contributed by atoms with E-state index in [0.29, 0.717) is 13.1 Å². The summed E-state index contributed by atoms with van der Waals surface area (Å²) < 4.78 is 3.99. The van der Waals surface area contributed by atoms with Gasteiger partial charge in [0.1, 0.15) is 0 Å². The molecule has 5 nitrogen and oxygen atoms in total. The maximum Gasteiger partial charge on any atom is 0.0950 e. The van der Waals surface area contributed by atoms with Crippen LogP contribution < -0.4 is 5.32 Å². The second kappa shape index (κ2) is 6.74. The molecule has 1 unspecified atom stereocenters. The lowest BCUT2D eigenvalue weighted by atomic mass is 10.1. The van der Waals surface area contributed by atoms with Gasteiger partial charge >= 0.3 is 0 Å². The van der Waals surface area contributed by atoms with Gasteiger partial charge in [0, 0.05) is 54.5 Å². The van der Waals surface area contributed by atoms with Gasteiger partial charge in [0.25, 0.3) is 0 Å². The SMILES string of the molecule is CC(NCc1cn(CCO)cn1)c1cn(C)c2cc(Cl)ccc12. The molecular weight excluding hydrogens is 312 g/mol. The van der Waals surface area contributed by atoms with Crippen molar-refractivity contribution in [3.05, 3.63) is 53.2 Å². The minimum absolute atomic E-state index is 0.123. The Morgan fingerprint density at radius 3 is 2.96 bits per heavy atom. The molecule has 6 heteroatoms. The molecule has 122 valence electrons. The monoisotopic (exact) mass is 332 g/mol. The van der Waals surface area contributed by atoms with E-state index in [0.717, 1.165) is 16.2 Å². The molecule has 0 aliphatic carbocycles. The zero-order valence-electron chi connectivity index (χ0n) is 13.3. The summed E-state index contributed by atoms with van der Waals surface area (Å²) in [5, 5.41) is 14.4. The number of aliphatic hydroxyl groups is 1. The van der Waals surface area contributed by atoms with Crippen LogP contribution in [0.2, 0.25) is 5.02 Å². The standard InChI is InChI=1S/C17H21ClN4O/c1-12(19-8-14-9-22(5-6-23)11-20-14)16-10-21(2)17-7-13(18)3-4-15(16)17/h3-4,7,9-12,19,23H,5-6,8H2,1-2H3. The van der Waals surface area contributed by atoms with Crippen LogP contribution in [0.25, 0.3) is 10.9 Å². The quantitative estimate of drug-likeness (QED) is 0.730. The molecular formula is C17H21ClN4O. The molecule has 23 heavy (non-hydrogen) atoms. The highest BCUT2D eigenvalue weighted by Crippen LogP contribution is 2.28. The first kappa shape index (κ1) is 16.1. The van der Waals surface area contributed by atoms with Crippen molar-refractivity contribution in [3.63, 3.8) is 0 Å². The second-order valence-corrected chi connectivity index (χ2v) is 6.22. The van der Waals surface area contributed by atoms with Crippen LogP contribution in [0.1, 0.15) is 24.2 Å². The van der Waals surface area contributed by atoms with Crippen molar-refractivity contribution in [2.24, 2.45) is 7.05 Å². The lowest BCUT2D eigenvalue weighted by molar-refractivity contribution is 0.276. The Balaban J connectivity index is 1.74. The Morgan fingerprint density at radius 2 is 2.17 bits per heavy atom. The van der Waals surface area contributed by atoms with Crippen molar-refractivity contribution in [1.29, 1.82) is 0 Å². The van der Waals surface area contributed by atoms with Gasteiger partial charge in [0.05, 0.1) is 18.6 Å². The van der Waals surface area contributed by atoms with Gasteiger partial charge in [-0.05, 0) is 24.6 Å². The van der Waals surface area contributed by atoms with E-state index in [-0.39, 0.29) is 12.6 Å². The molecule has 1 atom stereocenters. The van der Waals surface area contributed by atoms with Gasteiger partial charge in [-0.15, -0.1) is 0 Å². The molecule has 0 spiro atoms. The van der Waals surface area contributed by atoms with Crippen molar-refractivity contribution in [2.45, 2.75) is 26.1 Å². The number of rotatable bonds is 6. The molecule has 0 bridgehead atoms. The molecule has 0 saturated heterocycles. The van der Waals surface area contributed by atoms with Crippen LogP contribution in [0.15, 0.2) is 36.9 Å². The van der Waals surface area contributed by atoms with Crippen LogP contribution in [0.5, 0.6) is 0 Å². The van der Waals surface area contributed by atoms with E-state index in [4.69, 9.17) is 16.7 Å². The second-order valence-electron chi connectivity index (χ2n) is 5.79. The third-order valence-electron chi connectivity index (χ3n) is 4.08. The lowest BCUT2D eigenvalue weighted by Crippen LogP contribution is -2.18. The van der Waals surface area contributed by atoms with Crippen molar-refractivity contribution in [3.8, 4) is 0 Å². The fraction of sp³-hybridized carbons (Fsp3) is 0.353. The normalized spacial score (nSPS) is 12.9. The third-order valence-corrected chi connectivity index (χ3v) is 4.32. The van der Waals surface area contributed by atoms with Gasteiger partial charge in [-0.1, -0.05) is 17.7 Å². The topological polar surface area (TPSA) is 55.0 Å². The highest BCUT2D eigenvalue weighted by molar-refractivity contribution is 6.31. The van der Waals surface area contributed by atoms with Crippen LogP contribution in [0.3, 0.4) is 0 Å². The van der Waals surface area contributed by atoms with E-state index in [2.05, 4.69) is 34.1 Å². The molecule has 3 aromatic rings. The van der Waals surface area contributed by atoms with E-state index in [1.807, 2.05) is 29.9 Å². The van der Waals surface area contributed by atoms with E-state index in [1.165, 1.54) is 10.9 Å². The first-order valence-electron chi connectivity index (χ1n) is 7.68. The molecule has 2 heterocycles. The molecule has 1 aromatic carbocycles. The maximum atomic E-state index is 8.94. The number of aryl methyl sites for hydroxylation is 1. The lowest BCUT2D eigenvalue weighted by Gasteiger charge is -2.12. The van der Waals surface area contributed by atoms with Crippen LogP contribution in [-0.4, -0.2) is 25.8 Å². The van der Waals surface area contributed by atoms with Gasteiger partial charge < -0.3 is 19.6 Å². The molecule has 0 amide bonds. The van der Waals surface area contributed by atoms with Crippen LogP contribution in [0, 0.1) is 0 Å². The van der Waals surface area contributed by atoms with E-state index in [9.17, 15) is 0 Å². The van der Waals surface area contributed by atoms with Crippen molar-refractivity contribution >= 4 is 22.5 Å². The summed E-state index contributed by atoms with van der Waals surface area (Å²) in [4.78, 5) is 4.35. The van der Waals surface area contributed by atoms with Gasteiger partial charge in [-0.3, -0.25) is 0 Å². The smallest absolute Gasteiger partial charge is 0.0950 e. The number of nitrogens with one attached hydrogen (secondary N) is 1. The molecule has 0 aliphatic heterocycles. The zero-order chi connectivity index (χ0) is 16.4. The number of aliphatic hydroxyl groups excluding tert-OH is 1. The highest BCUT2D eigenvalue weighted by atomic mass is 35.5. The summed E-state index contributed by atoms with van der Waals surface area (Å²) in [6.07, 6.45) is 5.85. The average Bonchev–Trinajstić information content (AvgIpc) is 3.10. The number of hydrogen-bond acceptors (Lipinski definition) is 3. The first-order valence-corrected chi connectivity index (χ1v) is 8.05. The predicted molar refractivity (Wildman–Crippen MR) is 92.5 cm³/mol.